The third-order valence-electron chi connectivity index (χ3n) is 7.98. The Balaban J connectivity index is 1.06. The first-order valence-corrected chi connectivity index (χ1v) is 15.4. The molecule has 5 aromatic rings. The second-order valence-electron chi connectivity index (χ2n) is 10.9. The number of nitrogens with one attached hydrogen (secondary N) is 1. The van der Waals surface area contributed by atoms with Gasteiger partial charge in [-0.3, -0.25) is 19.3 Å². The zero-order valence-electron chi connectivity index (χ0n) is 23.9. The number of hydrogen-bond acceptors (Lipinski definition) is 6. The molecule has 2 aliphatic rings. The fourth-order valence-corrected chi connectivity index (χ4v) is 6.58. The molecule has 2 fully saturated rings. The largest absolute Gasteiger partial charge is 0.378 e. The maximum absolute atomic E-state index is 13.3. The summed E-state index contributed by atoms with van der Waals surface area (Å²) in [5.74, 6) is -0.899. The summed E-state index contributed by atoms with van der Waals surface area (Å²) in [5.41, 5.74) is 4.70. The van der Waals surface area contributed by atoms with Gasteiger partial charge in [-0.15, -0.1) is 0 Å². The van der Waals surface area contributed by atoms with Gasteiger partial charge in [0.1, 0.15) is 6.54 Å². The number of thioether (sulfide) groups is 1. The number of carbonyl (C=O) groups is 3. The predicted molar refractivity (Wildman–Crippen MR) is 176 cm³/mol. The lowest BCUT2D eigenvalue weighted by Crippen LogP contribution is -2.36. The van der Waals surface area contributed by atoms with Gasteiger partial charge < -0.3 is 19.5 Å². The number of morpholine rings is 1. The summed E-state index contributed by atoms with van der Waals surface area (Å²) in [5, 5.41) is 5.71. The molecular formula is C35H30N4O4S. The molecule has 4 aromatic carbocycles. The molecule has 0 bridgehead atoms. The number of para-hydroxylation sites is 1. The molecule has 8 nitrogen and oxygen atoms in total. The fraction of sp³-hybridized carbons (Fsp3) is 0.171. The highest BCUT2D eigenvalue weighted by Gasteiger charge is 2.36. The Morgan fingerprint density at radius 1 is 0.886 bits per heavy atom. The van der Waals surface area contributed by atoms with Crippen LogP contribution in [0.4, 0.5) is 16.2 Å². The number of benzene rings is 4. The number of aromatic nitrogens is 1. The van der Waals surface area contributed by atoms with E-state index in [0.717, 1.165) is 57.5 Å². The number of carbonyl (C=O) groups excluding carboxylic acids is 3. The van der Waals surface area contributed by atoms with E-state index in [1.54, 1.807) is 6.08 Å². The molecule has 0 saturated carbocycles. The molecule has 0 spiro atoms. The summed E-state index contributed by atoms with van der Waals surface area (Å²) in [4.78, 5) is 42.5. The smallest absolute Gasteiger partial charge is 0.294 e. The highest BCUT2D eigenvalue weighted by atomic mass is 32.2. The number of nitrogens with zero attached hydrogens (tertiary/aromatic N) is 3. The first kappa shape index (κ1) is 27.9. The van der Waals surface area contributed by atoms with E-state index in [2.05, 4.69) is 51.2 Å². The van der Waals surface area contributed by atoms with E-state index in [1.165, 1.54) is 10.8 Å². The predicted octanol–water partition coefficient (Wildman–Crippen LogP) is 6.35. The molecule has 3 heterocycles. The van der Waals surface area contributed by atoms with Crippen molar-refractivity contribution in [2.75, 3.05) is 43.1 Å². The number of amides is 3. The minimum atomic E-state index is -0.468. The molecule has 9 heteroatoms. The van der Waals surface area contributed by atoms with Gasteiger partial charge in [0, 0.05) is 53.7 Å². The van der Waals surface area contributed by atoms with Crippen LogP contribution in [0.15, 0.2) is 102 Å². The average Bonchev–Trinajstić information content (AvgIpc) is 3.53. The van der Waals surface area contributed by atoms with Crippen LogP contribution in [-0.2, 0) is 20.9 Å². The van der Waals surface area contributed by atoms with Gasteiger partial charge in [0.2, 0.25) is 5.91 Å². The molecule has 0 atom stereocenters. The number of hydrogen-bond donors (Lipinski definition) is 1. The van der Waals surface area contributed by atoms with Crippen molar-refractivity contribution < 1.29 is 19.1 Å². The third kappa shape index (κ3) is 5.71. The van der Waals surface area contributed by atoms with Crippen molar-refractivity contribution in [3.63, 3.8) is 0 Å². The molecule has 3 amide bonds. The van der Waals surface area contributed by atoms with Crippen molar-refractivity contribution in [3.05, 3.63) is 113 Å². The topological polar surface area (TPSA) is 83.9 Å². The van der Waals surface area contributed by atoms with Crippen molar-refractivity contribution in [1.29, 1.82) is 0 Å². The fourth-order valence-electron chi connectivity index (χ4n) is 5.75. The molecule has 0 aliphatic carbocycles. The summed E-state index contributed by atoms with van der Waals surface area (Å²) >= 11 is 0.859. The zero-order chi connectivity index (χ0) is 30.0. The maximum atomic E-state index is 13.3. The van der Waals surface area contributed by atoms with Crippen molar-refractivity contribution in [3.8, 4) is 0 Å². The van der Waals surface area contributed by atoms with Gasteiger partial charge in [-0.25, -0.2) is 0 Å². The highest BCUT2D eigenvalue weighted by Crippen LogP contribution is 2.34. The number of anilines is 2. The molecule has 44 heavy (non-hydrogen) atoms. The first-order chi connectivity index (χ1) is 21.5. The molecule has 1 aromatic heterocycles. The van der Waals surface area contributed by atoms with Crippen LogP contribution in [0.5, 0.6) is 0 Å². The Labute approximate surface area is 258 Å². The minimum Gasteiger partial charge on any atom is -0.378 e. The molecule has 1 N–H and O–H groups in total. The standard InChI is InChI=1S/C35H30N4O4S/c40-33(36-28-11-13-29(14-12-28)37-15-17-43-18-16-37)23-39-34(41)32(44-35(39)42)20-27-22-38(31-8-4-3-7-30(27)31)21-24-9-10-25-5-1-2-6-26(25)19-24/h1-14,19-20,22H,15-18,21,23H2,(H,36,40)/b32-20-. The summed E-state index contributed by atoms with van der Waals surface area (Å²) in [7, 11) is 0. The van der Waals surface area contributed by atoms with Gasteiger partial charge in [-0.05, 0) is 70.6 Å². The summed E-state index contributed by atoms with van der Waals surface area (Å²) < 4.78 is 7.57. The van der Waals surface area contributed by atoms with E-state index in [1.807, 2.05) is 60.8 Å². The van der Waals surface area contributed by atoms with Crippen LogP contribution in [0.1, 0.15) is 11.1 Å². The van der Waals surface area contributed by atoms with Crippen LogP contribution in [0.25, 0.3) is 27.8 Å². The van der Waals surface area contributed by atoms with E-state index in [-0.39, 0.29) is 6.54 Å². The van der Waals surface area contributed by atoms with Gasteiger partial charge >= 0.3 is 0 Å². The minimum absolute atomic E-state index is 0.297. The molecule has 0 radical (unpaired) electrons. The van der Waals surface area contributed by atoms with Crippen LogP contribution in [0.2, 0.25) is 0 Å². The Hall–Kier alpha value is -4.86. The summed E-state index contributed by atoms with van der Waals surface area (Å²) in [6.07, 6.45) is 3.77. The molecule has 220 valence electrons. The van der Waals surface area contributed by atoms with Crippen LogP contribution in [0.3, 0.4) is 0 Å². The van der Waals surface area contributed by atoms with Gasteiger partial charge in [0.25, 0.3) is 11.1 Å². The zero-order valence-corrected chi connectivity index (χ0v) is 24.8. The Kier molecular flexibility index (Phi) is 7.64. The van der Waals surface area contributed by atoms with Crippen molar-refractivity contribution in [2.24, 2.45) is 0 Å². The van der Waals surface area contributed by atoms with E-state index in [0.29, 0.717) is 30.4 Å². The van der Waals surface area contributed by atoms with Crippen LogP contribution in [-0.4, -0.2) is 59.4 Å². The molecule has 2 saturated heterocycles. The van der Waals surface area contributed by atoms with E-state index in [9.17, 15) is 14.4 Å². The number of imide groups is 1. The molecule has 2 aliphatic heterocycles. The van der Waals surface area contributed by atoms with Gasteiger partial charge in [0.15, 0.2) is 0 Å². The summed E-state index contributed by atoms with van der Waals surface area (Å²) in [6, 6.07) is 30.3. The average molecular weight is 603 g/mol. The second-order valence-corrected chi connectivity index (χ2v) is 11.9. The van der Waals surface area contributed by atoms with Gasteiger partial charge in [-0.1, -0.05) is 54.6 Å². The number of fused-ring (bicyclic) bond motifs is 2. The molecule has 0 unspecified atom stereocenters. The normalized spacial score (nSPS) is 16.4. The third-order valence-corrected chi connectivity index (χ3v) is 8.88. The Morgan fingerprint density at radius 3 is 2.45 bits per heavy atom. The van der Waals surface area contributed by atoms with Gasteiger partial charge in [0.05, 0.1) is 18.1 Å². The lowest BCUT2D eigenvalue weighted by Gasteiger charge is -2.28. The highest BCUT2D eigenvalue weighted by molar-refractivity contribution is 8.18. The van der Waals surface area contributed by atoms with Crippen molar-refractivity contribution in [1.82, 2.24) is 9.47 Å². The quantitative estimate of drug-likeness (QED) is 0.219. The van der Waals surface area contributed by atoms with Crippen molar-refractivity contribution in [2.45, 2.75) is 6.54 Å². The Morgan fingerprint density at radius 2 is 1.64 bits per heavy atom. The van der Waals surface area contributed by atoms with E-state index in [4.69, 9.17) is 4.74 Å². The van der Waals surface area contributed by atoms with Crippen molar-refractivity contribution >= 4 is 67.9 Å². The number of ether oxygens (including phenoxy) is 1. The second kappa shape index (κ2) is 12.0. The van der Waals surface area contributed by atoms with Crippen LogP contribution >= 0.6 is 11.8 Å². The van der Waals surface area contributed by atoms with Gasteiger partial charge in [-0.2, -0.15) is 0 Å². The summed E-state index contributed by atoms with van der Waals surface area (Å²) in [6.45, 7) is 3.34. The monoisotopic (exact) mass is 602 g/mol. The lowest BCUT2D eigenvalue weighted by atomic mass is 10.1. The molecule has 7 rings (SSSR count). The van der Waals surface area contributed by atoms with Crippen LogP contribution in [0, 0.1) is 0 Å². The van der Waals surface area contributed by atoms with E-state index >= 15 is 0 Å². The Bertz CT molecular complexity index is 1920. The van der Waals surface area contributed by atoms with E-state index < -0.39 is 17.1 Å². The maximum Gasteiger partial charge on any atom is 0.294 e. The molecular weight excluding hydrogens is 572 g/mol. The lowest BCUT2D eigenvalue weighted by molar-refractivity contribution is -0.127. The SMILES string of the molecule is O=C(CN1C(=O)S/C(=C\c2cn(Cc3ccc4ccccc4c3)c3ccccc23)C1=O)Nc1ccc(N2CCOCC2)cc1. The first-order valence-electron chi connectivity index (χ1n) is 14.6. The number of rotatable bonds is 7. The van der Waals surface area contributed by atoms with Crippen LogP contribution < -0.4 is 10.2 Å².